The van der Waals surface area contributed by atoms with E-state index in [2.05, 4.69) is 24.0 Å². The molecule has 1 unspecified atom stereocenters. The van der Waals surface area contributed by atoms with Crippen LogP contribution in [-0.4, -0.2) is 69.2 Å². The molecule has 238 valence electrons. The van der Waals surface area contributed by atoms with Crippen molar-refractivity contribution in [2.75, 3.05) is 31.6 Å². The van der Waals surface area contributed by atoms with Crippen LogP contribution in [0, 0.1) is 17.3 Å². The first-order valence-corrected chi connectivity index (χ1v) is 16.9. The lowest BCUT2D eigenvalue weighted by Gasteiger charge is -2.50. The highest BCUT2D eigenvalue weighted by atomic mass is 32.2. The molecule has 0 spiro atoms. The van der Waals surface area contributed by atoms with Crippen LogP contribution in [0.3, 0.4) is 0 Å². The standard InChI is InChI=1S/C32H46F5NO3S/c1-30-15-13-26-25-10-9-24(39)21-23(25)20-22(29(26)27(30)11-12-28(30)40)8-4-3-5-16-38(2)17-7-19-42(41)18-6-14-31(33,34)32(35,36)37/h9-11,21-22,26,28-29,39-40H,3-8,12-20H2,1-2H3/t22-,26-,28+,29-,30+,42?/m1/s1. The van der Waals surface area contributed by atoms with Gasteiger partial charge in [0.25, 0.3) is 0 Å². The molecule has 1 fully saturated rings. The number of halogens is 5. The molecule has 0 amide bonds. The van der Waals surface area contributed by atoms with Crippen molar-refractivity contribution in [2.24, 2.45) is 17.3 Å². The van der Waals surface area contributed by atoms with E-state index in [1.807, 2.05) is 13.1 Å². The first kappa shape index (κ1) is 33.4. The summed E-state index contributed by atoms with van der Waals surface area (Å²) in [6.07, 6.45) is 3.31. The lowest BCUT2D eigenvalue weighted by atomic mass is 9.54. The van der Waals surface area contributed by atoms with Gasteiger partial charge >= 0.3 is 12.1 Å². The number of hydrogen-bond donors (Lipinski definition) is 2. The highest BCUT2D eigenvalue weighted by Gasteiger charge is 2.56. The molecule has 1 saturated carbocycles. The Kier molecular flexibility index (Phi) is 10.8. The third-order valence-electron chi connectivity index (χ3n) is 10.0. The molecule has 4 rings (SSSR count). The molecule has 42 heavy (non-hydrogen) atoms. The van der Waals surface area contributed by atoms with Gasteiger partial charge in [0.2, 0.25) is 0 Å². The van der Waals surface area contributed by atoms with E-state index in [-0.39, 0.29) is 17.3 Å². The van der Waals surface area contributed by atoms with Crippen LogP contribution in [0.4, 0.5) is 22.0 Å². The number of fused-ring (bicyclic) bond motifs is 5. The van der Waals surface area contributed by atoms with Gasteiger partial charge in [0.1, 0.15) is 5.75 Å². The predicted molar refractivity (Wildman–Crippen MR) is 156 cm³/mol. The molecule has 2 N–H and O–H groups in total. The molecule has 10 heteroatoms. The van der Waals surface area contributed by atoms with Crippen molar-refractivity contribution >= 4 is 10.8 Å². The van der Waals surface area contributed by atoms with Crippen molar-refractivity contribution in [2.45, 2.75) is 102 Å². The Morgan fingerprint density at radius 1 is 1.05 bits per heavy atom. The van der Waals surface area contributed by atoms with E-state index in [4.69, 9.17) is 0 Å². The third kappa shape index (κ3) is 7.57. The molecule has 0 heterocycles. The second-order valence-corrected chi connectivity index (χ2v) is 14.7. The fourth-order valence-electron chi connectivity index (χ4n) is 7.63. The van der Waals surface area contributed by atoms with Gasteiger partial charge in [0.05, 0.1) is 6.10 Å². The maximum atomic E-state index is 13.0. The van der Waals surface area contributed by atoms with Crippen molar-refractivity contribution in [1.29, 1.82) is 0 Å². The first-order chi connectivity index (χ1) is 19.7. The largest absolute Gasteiger partial charge is 0.508 e. The molecule has 1 aromatic rings. The lowest BCUT2D eigenvalue weighted by molar-refractivity contribution is -0.284. The van der Waals surface area contributed by atoms with Gasteiger partial charge in [-0.3, -0.25) is 4.21 Å². The van der Waals surface area contributed by atoms with Crippen LogP contribution in [0.1, 0.15) is 88.2 Å². The van der Waals surface area contributed by atoms with Crippen molar-refractivity contribution in [3.05, 3.63) is 41.0 Å². The number of nitrogens with zero attached hydrogens (tertiary/aromatic N) is 1. The molecule has 4 nitrogen and oxygen atoms in total. The van der Waals surface area contributed by atoms with E-state index in [1.165, 1.54) is 16.7 Å². The van der Waals surface area contributed by atoms with Crippen molar-refractivity contribution in [1.82, 2.24) is 4.90 Å². The Bertz CT molecular complexity index is 1130. The monoisotopic (exact) mass is 619 g/mol. The van der Waals surface area contributed by atoms with Gasteiger partial charge in [-0.15, -0.1) is 0 Å². The number of aromatic hydroxyl groups is 1. The topological polar surface area (TPSA) is 60.8 Å². The zero-order valence-electron chi connectivity index (χ0n) is 24.8. The van der Waals surface area contributed by atoms with Crippen LogP contribution in [0.5, 0.6) is 5.75 Å². The zero-order chi connectivity index (χ0) is 30.7. The van der Waals surface area contributed by atoms with E-state index in [1.54, 1.807) is 6.07 Å². The molecule has 1 aromatic carbocycles. The lowest BCUT2D eigenvalue weighted by Crippen LogP contribution is -2.43. The summed E-state index contributed by atoms with van der Waals surface area (Å²) < 4.78 is 74.8. The maximum Gasteiger partial charge on any atom is 0.453 e. The summed E-state index contributed by atoms with van der Waals surface area (Å²) in [5.74, 6) is -2.91. The Morgan fingerprint density at radius 3 is 2.50 bits per heavy atom. The van der Waals surface area contributed by atoms with Crippen LogP contribution in [0.15, 0.2) is 29.8 Å². The molecular formula is C32H46F5NO3S. The van der Waals surface area contributed by atoms with E-state index < -0.39 is 35.7 Å². The number of alkyl halides is 5. The molecular weight excluding hydrogens is 573 g/mol. The second-order valence-electron chi connectivity index (χ2n) is 13.0. The summed E-state index contributed by atoms with van der Waals surface area (Å²) in [5, 5.41) is 21.0. The Balaban J connectivity index is 1.19. The number of rotatable bonds is 14. The number of phenols is 1. The number of aliphatic hydroxyl groups is 1. The van der Waals surface area contributed by atoms with E-state index in [0.29, 0.717) is 42.2 Å². The number of aliphatic hydroxyl groups excluding tert-OH is 1. The highest BCUT2D eigenvalue weighted by Crippen LogP contribution is 2.60. The van der Waals surface area contributed by atoms with Gasteiger partial charge in [0, 0.05) is 34.1 Å². The second kappa shape index (κ2) is 13.6. The van der Waals surface area contributed by atoms with E-state index in [9.17, 15) is 36.4 Å². The summed E-state index contributed by atoms with van der Waals surface area (Å²) in [4.78, 5) is 2.15. The van der Waals surface area contributed by atoms with Crippen LogP contribution >= 0.6 is 0 Å². The fourth-order valence-corrected chi connectivity index (χ4v) is 8.75. The quantitative estimate of drug-likeness (QED) is 0.130. The Labute approximate surface area is 249 Å². The van der Waals surface area contributed by atoms with Crippen molar-refractivity contribution in [3.8, 4) is 5.75 Å². The van der Waals surface area contributed by atoms with Gasteiger partial charge in [-0.05, 0) is 113 Å². The molecule has 0 radical (unpaired) electrons. The van der Waals surface area contributed by atoms with Crippen molar-refractivity contribution in [3.63, 3.8) is 0 Å². The molecule has 0 aromatic heterocycles. The Hall–Kier alpha value is -1.52. The molecule has 0 bridgehead atoms. The minimum atomic E-state index is -5.56. The molecule has 3 aliphatic rings. The predicted octanol–water partition coefficient (Wildman–Crippen LogP) is 7.36. The summed E-state index contributed by atoms with van der Waals surface area (Å²) in [6.45, 7) is 3.81. The maximum absolute atomic E-state index is 13.0. The molecule has 3 aliphatic carbocycles. The molecule has 0 aliphatic heterocycles. The van der Waals surface area contributed by atoms with E-state index in [0.717, 1.165) is 57.9 Å². The van der Waals surface area contributed by atoms with Crippen LogP contribution in [0.25, 0.3) is 0 Å². The van der Waals surface area contributed by atoms with Crippen LogP contribution < -0.4 is 0 Å². The number of benzene rings is 1. The van der Waals surface area contributed by atoms with Crippen molar-refractivity contribution < 1.29 is 36.4 Å². The minimum absolute atomic E-state index is 0.131. The third-order valence-corrected chi connectivity index (χ3v) is 11.5. The summed E-state index contributed by atoms with van der Waals surface area (Å²) in [7, 11) is 0.588. The average Bonchev–Trinajstić information content (AvgIpc) is 3.21. The van der Waals surface area contributed by atoms with Gasteiger partial charge in [-0.2, -0.15) is 22.0 Å². The normalized spacial score (nSPS) is 28.3. The SMILES string of the molecule is CN(CCCCC[C@@H]1Cc2cc(O)ccc2[C@H]2CC[C@@]3(C)C(=CC[C@@H]3O)[C@H]12)CCCS(=O)CCCC(F)(F)C(F)(F)F. The summed E-state index contributed by atoms with van der Waals surface area (Å²) in [6, 6.07) is 5.84. The highest BCUT2D eigenvalue weighted by molar-refractivity contribution is 7.84. The van der Waals surface area contributed by atoms with Gasteiger partial charge < -0.3 is 15.1 Å². The zero-order valence-corrected chi connectivity index (χ0v) is 25.6. The van der Waals surface area contributed by atoms with Crippen LogP contribution in [-0.2, 0) is 17.2 Å². The fraction of sp³-hybridized carbons (Fsp3) is 0.750. The van der Waals surface area contributed by atoms with Gasteiger partial charge in [-0.1, -0.05) is 37.5 Å². The van der Waals surface area contributed by atoms with Crippen LogP contribution in [0.2, 0.25) is 0 Å². The molecule has 0 saturated heterocycles. The average molecular weight is 620 g/mol. The summed E-state index contributed by atoms with van der Waals surface area (Å²) >= 11 is 0. The number of hydrogen-bond acceptors (Lipinski definition) is 4. The summed E-state index contributed by atoms with van der Waals surface area (Å²) in [5.41, 5.74) is 3.94. The van der Waals surface area contributed by atoms with Gasteiger partial charge in [0.15, 0.2) is 0 Å². The molecule has 6 atom stereocenters. The number of unbranched alkanes of at least 4 members (excludes halogenated alkanes) is 2. The van der Waals surface area contributed by atoms with Gasteiger partial charge in [-0.25, -0.2) is 0 Å². The minimum Gasteiger partial charge on any atom is -0.508 e. The number of phenolic OH excluding ortho intramolecular Hbond substituents is 1. The first-order valence-electron chi connectivity index (χ1n) is 15.4. The smallest absolute Gasteiger partial charge is 0.453 e. The Morgan fingerprint density at radius 2 is 1.76 bits per heavy atom. The van der Waals surface area contributed by atoms with E-state index >= 15 is 0 Å².